The second-order valence-corrected chi connectivity index (χ2v) is 4.18. The third-order valence-corrected chi connectivity index (χ3v) is 2.88. The number of carbonyl (C=O) groups excluding carboxylic acids is 2. The van der Waals surface area contributed by atoms with Crippen LogP contribution in [0.3, 0.4) is 0 Å². The van der Waals surface area contributed by atoms with Crippen molar-refractivity contribution in [2.45, 2.75) is 24.4 Å². The molecule has 6 heteroatoms. The molecule has 0 aliphatic carbocycles. The molecule has 1 heterocycles. The first-order valence-corrected chi connectivity index (χ1v) is 5.96. The Hall–Kier alpha value is -1.30. The first-order valence-electron chi connectivity index (χ1n) is 4.98. The largest absolute Gasteiger partial charge is 0.464 e. The number of unbranched alkanes of at least 4 members (excludes halogenated alkanes) is 2. The van der Waals surface area contributed by atoms with Gasteiger partial charge in [0, 0.05) is 18.4 Å². The molecule has 1 aromatic rings. The van der Waals surface area contributed by atoms with E-state index in [0.29, 0.717) is 11.6 Å². The monoisotopic (exact) mass is 242 g/mol. The van der Waals surface area contributed by atoms with Gasteiger partial charge in [0.1, 0.15) is 6.29 Å². The van der Waals surface area contributed by atoms with Crippen molar-refractivity contribution in [2.24, 2.45) is 0 Å². The lowest BCUT2D eigenvalue weighted by Crippen LogP contribution is -2.00. The van der Waals surface area contributed by atoms with Crippen LogP contribution in [0.5, 0.6) is 0 Å². The molecular weight excluding hydrogens is 228 g/mol. The number of H-pyrrole nitrogens is 1. The van der Waals surface area contributed by atoms with Crippen LogP contribution in [-0.2, 0) is 9.53 Å². The number of ether oxygens (including phenoxy) is 1. The molecule has 88 valence electrons. The molecule has 0 amide bonds. The van der Waals surface area contributed by atoms with E-state index in [4.69, 9.17) is 0 Å². The smallest absolute Gasteiger partial charge is 0.358 e. The number of methoxy groups -OCH3 is 1. The third kappa shape index (κ3) is 4.06. The van der Waals surface area contributed by atoms with E-state index in [-0.39, 0.29) is 5.69 Å². The summed E-state index contributed by atoms with van der Waals surface area (Å²) in [6, 6.07) is 0. The quantitative estimate of drug-likeness (QED) is 0.341. The zero-order valence-electron chi connectivity index (χ0n) is 9.06. The molecule has 0 saturated carbocycles. The molecule has 0 fully saturated rings. The molecule has 0 aromatic carbocycles. The summed E-state index contributed by atoms with van der Waals surface area (Å²) < 4.78 is 4.54. The van der Waals surface area contributed by atoms with Crippen molar-refractivity contribution in [3.8, 4) is 0 Å². The van der Waals surface area contributed by atoms with E-state index < -0.39 is 5.97 Å². The number of aldehydes is 1. The van der Waals surface area contributed by atoms with Crippen molar-refractivity contribution in [3.63, 3.8) is 0 Å². The minimum absolute atomic E-state index is 0.290. The summed E-state index contributed by atoms with van der Waals surface area (Å²) in [6.45, 7) is 0. The molecule has 0 atom stereocenters. The molecule has 0 spiro atoms. The van der Waals surface area contributed by atoms with E-state index in [1.807, 2.05) is 0 Å². The van der Waals surface area contributed by atoms with Gasteiger partial charge in [0.2, 0.25) is 0 Å². The summed E-state index contributed by atoms with van der Waals surface area (Å²) in [5.41, 5.74) is 0.290. The standard InChI is InChI=1S/C10H14N2O3S/c1-15-9(14)8-7-11-10(12-8)16-6-4-2-3-5-13/h5,7H,2-4,6H2,1H3,(H,11,12). The molecule has 0 saturated heterocycles. The molecular formula is C10H14N2O3S. The van der Waals surface area contributed by atoms with Gasteiger partial charge in [0.25, 0.3) is 0 Å². The normalized spacial score (nSPS) is 10.1. The highest BCUT2D eigenvalue weighted by molar-refractivity contribution is 7.99. The Kier molecular flexibility index (Phi) is 5.63. The maximum absolute atomic E-state index is 11.1. The van der Waals surface area contributed by atoms with Crippen LogP contribution in [0, 0.1) is 0 Å². The van der Waals surface area contributed by atoms with Gasteiger partial charge in [0.15, 0.2) is 10.9 Å². The van der Waals surface area contributed by atoms with E-state index in [0.717, 1.165) is 24.9 Å². The van der Waals surface area contributed by atoms with E-state index in [1.165, 1.54) is 25.1 Å². The first kappa shape index (κ1) is 12.8. The van der Waals surface area contributed by atoms with Gasteiger partial charge in [-0.3, -0.25) is 0 Å². The molecule has 1 aromatic heterocycles. The number of aromatic amines is 1. The van der Waals surface area contributed by atoms with E-state index in [1.54, 1.807) is 0 Å². The molecule has 1 rings (SSSR count). The summed E-state index contributed by atoms with van der Waals surface area (Å²) in [7, 11) is 1.32. The van der Waals surface area contributed by atoms with Crippen LogP contribution in [0.2, 0.25) is 0 Å². The molecule has 5 nitrogen and oxygen atoms in total. The average Bonchev–Trinajstić information content (AvgIpc) is 2.76. The van der Waals surface area contributed by atoms with Gasteiger partial charge in [-0.05, 0) is 12.8 Å². The number of esters is 1. The fourth-order valence-corrected chi connectivity index (χ4v) is 1.93. The maximum atomic E-state index is 11.1. The van der Waals surface area contributed by atoms with Gasteiger partial charge in [-0.1, -0.05) is 11.8 Å². The van der Waals surface area contributed by atoms with E-state index in [9.17, 15) is 9.59 Å². The second-order valence-electron chi connectivity index (χ2n) is 3.09. The number of hydrogen-bond donors (Lipinski definition) is 1. The number of rotatable bonds is 7. The minimum Gasteiger partial charge on any atom is -0.464 e. The minimum atomic E-state index is -0.441. The van der Waals surface area contributed by atoms with Crippen LogP contribution in [0.1, 0.15) is 29.8 Å². The highest BCUT2D eigenvalue weighted by Gasteiger charge is 2.09. The molecule has 0 aliphatic heterocycles. The van der Waals surface area contributed by atoms with Crippen molar-refractivity contribution in [1.29, 1.82) is 0 Å². The number of aromatic nitrogens is 2. The lowest BCUT2D eigenvalue weighted by Gasteiger charge is -1.95. The average molecular weight is 242 g/mol. The van der Waals surface area contributed by atoms with Crippen molar-refractivity contribution < 1.29 is 14.3 Å². The lowest BCUT2D eigenvalue weighted by molar-refractivity contribution is -0.107. The highest BCUT2D eigenvalue weighted by atomic mass is 32.2. The number of carbonyl (C=O) groups is 2. The summed E-state index contributed by atoms with van der Waals surface area (Å²) in [5.74, 6) is 0.436. The van der Waals surface area contributed by atoms with Crippen molar-refractivity contribution in [3.05, 3.63) is 11.9 Å². The fourth-order valence-electron chi connectivity index (χ4n) is 1.09. The zero-order chi connectivity index (χ0) is 11.8. The van der Waals surface area contributed by atoms with Gasteiger partial charge in [-0.25, -0.2) is 9.78 Å². The second kappa shape index (κ2) is 7.05. The van der Waals surface area contributed by atoms with Gasteiger partial charge in [0.05, 0.1) is 7.11 Å². The van der Waals surface area contributed by atoms with Crippen molar-refractivity contribution >= 4 is 24.0 Å². The molecule has 0 bridgehead atoms. The molecule has 0 radical (unpaired) electrons. The van der Waals surface area contributed by atoms with Crippen molar-refractivity contribution in [2.75, 3.05) is 12.9 Å². The Morgan fingerprint density at radius 1 is 1.62 bits per heavy atom. The van der Waals surface area contributed by atoms with Crippen LogP contribution in [0.25, 0.3) is 0 Å². The number of nitrogens with zero attached hydrogens (tertiary/aromatic N) is 1. The summed E-state index contributed by atoms with van der Waals surface area (Å²) in [4.78, 5) is 28.1. The number of hydrogen-bond acceptors (Lipinski definition) is 5. The maximum Gasteiger partial charge on any atom is 0.358 e. The van der Waals surface area contributed by atoms with Crippen LogP contribution >= 0.6 is 11.8 Å². The van der Waals surface area contributed by atoms with Crippen LogP contribution in [0.4, 0.5) is 0 Å². The number of thioether (sulfide) groups is 1. The Morgan fingerprint density at radius 2 is 2.44 bits per heavy atom. The number of imidazole rings is 1. The predicted molar refractivity (Wildman–Crippen MR) is 60.6 cm³/mol. The SMILES string of the molecule is COC(=O)c1c[nH]c(SCCCCC=O)n1. The summed E-state index contributed by atoms with van der Waals surface area (Å²) in [6.07, 6.45) is 4.90. The number of nitrogens with one attached hydrogen (secondary N) is 1. The van der Waals surface area contributed by atoms with Gasteiger partial charge < -0.3 is 14.5 Å². The zero-order valence-corrected chi connectivity index (χ0v) is 9.88. The lowest BCUT2D eigenvalue weighted by atomic mass is 10.3. The third-order valence-electron chi connectivity index (χ3n) is 1.90. The van der Waals surface area contributed by atoms with Crippen molar-refractivity contribution in [1.82, 2.24) is 9.97 Å². The van der Waals surface area contributed by atoms with E-state index >= 15 is 0 Å². The molecule has 0 unspecified atom stereocenters. The van der Waals surface area contributed by atoms with E-state index in [2.05, 4.69) is 14.7 Å². The summed E-state index contributed by atoms with van der Waals surface area (Å²) in [5, 5.41) is 0.700. The predicted octanol–water partition coefficient (Wildman–Crippen LogP) is 1.66. The van der Waals surface area contributed by atoms with Gasteiger partial charge in [-0.2, -0.15) is 0 Å². The molecule has 0 aliphatic rings. The molecule has 16 heavy (non-hydrogen) atoms. The Balaban J connectivity index is 2.29. The van der Waals surface area contributed by atoms with Crippen LogP contribution in [0.15, 0.2) is 11.4 Å². The topological polar surface area (TPSA) is 72.1 Å². The first-order chi connectivity index (χ1) is 7.77. The van der Waals surface area contributed by atoms with Gasteiger partial charge in [-0.15, -0.1) is 0 Å². The van der Waals surface area contributed by atoms with Crippen LogP contribution in [-0.4, -0.2) is 35.1 Å². The fraction of sp³-hybridized carbons (Fsp3) is 0.500. The Labute approximate surface area is 98.0 Å². The highest BCUT2D eigenvalue weighted by Crippen LogP contribution is 2.16. The Bertz CT molecular complexity index is 352. The molecule has 1 N–H and O–H groups in total. The summed E-state index contributed by atoms with van der Waals surface area (Å²) >= 11 is 1.53. The Morgan fingerprint density at radius 3 is 3.12 bits per heavy atom. The van der Waals surface area contributed by atoms with Crippen LogP contribution < -0.4 is 0 Å². The van der Waals surface area contributed by atoms with Gasteiger partial charge >= 0.3 is 5.97 Å².